The van der Waals surface area contributed by atoms with Gasteiger partial charge in [0.25, 0.3) is 5.91 Å². The van der Waals surface area contributed by atoms with Crippen molar-refractivity contribution in [3.8, 4) is 0 Å². The SMILES string of the molecule is O=C(NC1CC1)c1c(NC(=O)[C@@H]2[C@H](C(=O)O)[C@H]3C=C[C@H]2CC3)sc2c1CCCC2. The molecule has 29 heavy (non-hydrogen) atoms. The van der Waals surface area contributed by atoms with Crippen LogP contribution in [0.5, 0.6) is 0 Å². The maximum Gasteiger partial charge on any atom is 0.307 e. The Labute approximate surface area is 173 Å². The van der Waals surface area contributed by atoms with Gasteiger partial charge in [-0.15, -0.1) is 11.3 Å². The van der Waals surface area contributed by atoms with Gasteiger partial charge >= 0.3 is 5.97 Å². The fourth-order valence-electron chi connectivity index (χ4n) is 5.26. The molecule has 0 aliphatic heterocycles. The van der Waals surface area contributed by atoms with Crippen LogP contribution in [0.3, 0.4) is 0 Å². The van der Waals surface area contributed by atoms with Crippen molar-refractivity contribution in [1.82, 2.24) is 5.32 Å². The molecule has 1 aromatic heterocycles. The van der Waals surface area contributed by atoms with Gasteiger partial charge < -0.3 is 15.7 Å². The van der Waals surface area contributed by atoms with E-state index in [9.17, 15) is 19.5 Å². The second kappa shape index (κ2) is 7.27. The van der Waals surface area contributed by atoms with E-state index in [-0.39, 0.29) is 29.7 Å². The fraction of sp³-hybridized carbons (Fsp3) is 0.591. The molecule has 6 nitrogen and oxygen atoms in total. The van der Waals surface area contributed by atoms with Crippen LogP contribution in [-0.2, 0) is 22.4 Å². The number of amides is 2. The summed E-state index contributed by atoms with van der Waals surface area (Å²) in [5.74, 6) is -2.63. The van der Waals surface area contributed by atoms with Crippen LogP contribution in [0, 0.1) is 23.7 Å². The van der Waals surface area contributed by atoms with Gasteiger partial charge in [-0.3, -0.25) is 14.4 Å². The van der Waals surface area contributed by atoms with Crippen molar-refractivity contribution in [2.75, 3.05) is 5.32 Å². The van der Waals surface area contributed by atoms with E-state index in [1.807, 2.05) is 12.2 Å². The summed E-state index contributed by atoms with van der Waals surface area (Å²) in [4.78, 5) is 39.3. The molecule has 1 heterocycles. The summed E-state index contributed by atoms with van der Waals surface area (Å²) >= 11 is 1.50. The van der Waals surface area contributed by atoms with Crippen molar-refractivity contribution in [3.63, 3.8) is 0 Å². The zero-order chi connectivity index (χ0) is 20.1. The van der Waals surface area contributed by atoms with Crippen molar-refractivity contribution in [1.29, 1.82) is 0 Å². The predicted molar refractivity (Wildman–Crippen MR) is 110 cm³/mol. The number of carboxylic acid groups (broad SMARTS) is 1. The molecule has 0 unspecified atom stereocenters. The van der Waals surface area contributed by atoms with E-state index in [1.165, 1.54) is 16.2 Å². The average Bonchev–Trinajstić information content (AvgIpc) is 3.45. The number of hydrogen-bond acceptors (Lipinski definition) is 4. The lowest BCUT2D eigenvalue weighted by atomic mass is 9.62. The van der Waals surface area contributed by atoms with Gasteiger partial charge in [0, 0.05) is 10.9 Å². The number of anilines is 1. The number of hydrogen-bond donors (Lipinski definition) is 3. The van der Waals surface area contributed by atoms with E-state index in [0.29, 0.717) is 10.6 Å². The van der Waals surface area contributed by atoms with Gasteiger partial charge in [-0.1, -0.05) is 12.2 Å². The summed E-state index contributed by atoms with van der Waals surface area (Å²) in [5.41, 5.74) is 1.70. The smallest absolute Gasteiger partial charge is 0.307 e. The summed E-state index contributed by atoms with van der Waals surface area (Å²) in [6.45, 7) is 0. The monoisotopic (exact) mass is 414 g/mol. The average molecular weight is 415 g/mol. The Hall–Kier alpha value is -2.15. The Kier molecular flexibility index (Phi) is 4.73. The molecule has 2 saturated carbocycles. The number of aliphatic carboxylic acids is 1. The third-order valence-corrected chi connectivity index (χ3v) is 8.09. The molecule has 4 atom stereocenters. The third kappa shape index (κ3) is 3.39. The molecule has 2 bridgehead atoms. The maximum atomic E-state index is 13.3. The second-order valence-corrected chi connectivity index (χ2v) is 9.94. The molecular formula is C22H26N2O4S. The third-order valence-electron chi connectivity index (χ3n) is 6.88. The number of carbonyl (C=O) groups is 3. The Morgan fingerprint density at radius 3 is 2.31 bits per heavy atom. The van der Waals surface area contributed by atoms with Gasteiger partial charge in [-0.2, -0.15) is 0 Å². The number of carbonyl (C=O) groups excluding carboxylic acids is 2. The summed E-state index contributed by atoms with van der Waals surface area (Å²) in [5, 5.41) is 16.4. The molecule has 2 amide bonds. The van der Waals surface area contributed by atoms with Gasteiger partial charge in [-0.25, -0.2) is 0 Å². The molecule has 3 N–H and O–H groups in total. The minimum Gasteiger partial charge on any atom is -0.481 e. The van der Waals surface area contributed by atoms with Crippen LogP contribution >= 0.6 is 11.3 Å². The van der Waals surface area contributed by atoms with Crippen LogP contribution in [0.2, 0.25) is 0 Å². The molecule has 0 radical (unpaired) electrons. The molecule has 0 spiro atoms. The molecule has 0 saturated heterocycles. The van der Waals surface area contributed by atoms with Crippen molar-refractivity contribution in [3.05, 3.63) is 28.2 Å². The van der Waals surface area contributed by atoms with Crippen LogP contribution in [-0.4, -0.2) is 28.9 Å². The van der Waals surface area contributed by atoms with E-state index < -0.39 is 17.8 Å². The Morgan fingerprint density at radius 1 is 0.966 bits per heavy atom. The summed E-state index contributed by atoms with van der Waals surface area (Å²) in [6.07, 6.45) is 11.6. The molecule has 154 valence electrons. The fourth-order valence-corrected chi connectivity index (χ4v) is 6.55. The van der Waals surface area contributed by atoms with Gasteiger partial charge in [-0.05, 0) is 68.8 Å². The topological polar surface area (TPSA) is 95.5 Å². The highest BCUT2D eigenvalue weighted by atomic mass is 32.1. The van der Waals surface area contributed by atoms with Crippen LogP contribution in [0.15, 0.2) is 12.2 Å². The van der Waals surface area contributed by atoms with Crippen LogP contribution in [0.4, 0.5) is 5.00 Å². The van der Waals surface area contributed by atoms with Crippen LogP contribution < -0.4 is 10.6 Å². The summed E-state index contributed by atoms with van der Waals surface area (Å²) in [6, 6.07) is 0.251. The zero-order valence-corrected chi connectivity index (χ0v) is 17.1. The quantitative estimate of drug-likeness (QED) is 0.644. The lowest BCUT2D eigenvalue weighted by Crippen LogP contribution is -2.47. The minimum atomic E-state index is -0.902. The maximum absolute atomic E-state index is 13.3. The van der Waals surface area contributed by atoms with Crippen molar-refractivity contribution >= 4 is 34.1 Å². The molecule has 2 fully saturated rings. The first-order valence-corrected chi connectivity index (χ1v) is 11.5. The number of nitrogens with one attached hydrogen (secondary N) is 2. The Balaban J connectivity index is 1.44. The molecule has 5 aliphatic carbocycles. The number of rotatable bonds is 5. The van der Waals surface area contributed by atoms with E-state index in [1.54, 1.807) is 0 Å². The lowest BCUT2D eigenvalue weighted by Gasteiger charge is -2.41. The van der Waals surface area contributed by atoms with Crippen LogP contribution in [0.25, 0.3) is 0 Å². The summed E-state index contributed by atoms with van der Waals surface area (Å²) < 4.78 is 0. The minimum absolute atomic E-state index is 0.0422. The molecular weight excluding hydrogens is 388 g/mol. The van der Waals surface area contributed by atoms with Gasteiger partial charge in [0.2, 0.25) is 5.91 Å². The van der Waals surface area contributed by atoms with E-state index in [2.05, 4.69) is 10.6 Å². The normalized spacial score (nSPS) is 29.9. The Morgan fingerprint density at radius 2 is 1.66 bits per heavy atom. The zero-order valence-electron chi connectivity index (χ0n) is 16.3. The molecule has 1 aromatic rings. The van der Waals surface area contributed by atoms with E-state index >= 15 is 0 Å². The highest BCUT2D eigenvalue weighted by molar-refractivity contribution is 7.17. The number of aryl methyl sites for hydroxylation is 1. The molecule has 7 heteroatoms. The number of carboxylic acids is 1. The van der Waals surface area contributed by atoms with E-state index in [4.69, 9.17) is 0 Å². The lowest BCUT2D eigenvalue weighted by molar-refractivity contribution is -0.151. The van der Waals surface area contributed by atoms with Crippen molar-refractivity contribution < 1.29 is 19.5 Å². The van der Waals surface area contributed by atoms with Crippen LogP contribution in [0.1, 0.15) is 59.3 Å². The van der Waals surface area contributed by atoms with Gasteiger partial charge in [0.15, 0.2) is 0 Å². The molecule has 0 aromatic carbocycles. The first-order chi connectivity index (χ1) is 14.0. The number of thiophene rings is 1. The predicted octanol–water partition coefficient (Wildman–Crippen LogP) is 3.37. The van der Waals surface area contributed by atoms with Gasteiger partial charge in [0.05, 0.1) is 17.4 Å². The van der Waals surface area contributed by atoms with Gasteiger partial charge in [0.1, 0.15) is 5.00 Å². The number of fused-ring (bicyclic) bond motifs is 3. The standard InChI is InChI=1S/C22H26N2O4S/c25-19(16-11-5-7-12(8-6-11)17(16)22(27)28)24-21-18(20(26)23-13-9-10-13)14-3-1-2-4-15(14)29-21/h5,7,11-13,16-17H,1-4,6,8-10H2,(H,23,26)(H,24,25)(H,27,28)/t11-,12-,16-,17+/m0/s1. The highest BCUT2D eigenvalue weighted by Gasteiger charge is 2.48. The second-order valence-electron chi connectivity index (χ2n) is 8.83. The van der Waals surface area contributed by atoms with Crippen molar-refractivity contribution in [2.45, 2.75) is 57.4 Å². The summed E-state index contributed by atoms with van der Waals surface area (Å²) in [7, 11) is 0. The van der Waals surface area contributed by atoms with Crippen molar-refractivity contribution in [2.24, 2.45) is 23.7 Å². The largest absolute Gasteiger partial charge is 0.481 e. The molecule has 5 aliphatic rings. The number of allylic oxidation sites excluding steroid dienone is 2. The first kappa shape index (κ1) is 18.9. The first-order valence-electron chi connectivity index (χ1n) is 10.7. The highest BCUT2D eigenvalue weighted by Crippen LogP contribution is 2.46. The molecule has 6 rings (SSSR count). The van der Waals surface area contributed by atoms with E-state index in [0.717, 1.165) is 56.9 Å². The Bertz CT molecular complexity index is 901.